The van der Waals surface area contributed by atoms with Crippen LogP contribution >= 0.6 is 11.6 Å². The second-order valence-corrected chi connectivity index (χ2v) is 9.50. The number of pyridine rings is 1. The third-order valence-corrected chi connectivity index (χ3v) is 7.45. The number of carbonyl (C=O) groups excluding carboxylic acids is 1. The van der Waals surface area contributed by atoms with E-state index in [1.807, 2.05) is 24.4 Å². The summed E-state index contributed by atoms with van der Waals surface area (Å²) in [6, 6.07) is 13.6. The van der Waals surface area contributed by atoms with Gasteiger partial charge in [0.15, 0.2) is 35.7 Å². The van der Waals surface area contributed by atoms with Gasteiger partial charge in [0.25, 0.3) is 5.69 Å². The van der Waals surface area contributed by atoms with Gasteiger partial charge in [-0.3, -0.25) is 10.1 Å². The predicted octanol–water partition coefficient (Wildman–Crippen LogP) is 5.51. The SMILES string of the molecule is COc1ccc2c(c[n+]3c4c2ccc2c5c(cc(c24)CC3)OCO5)c1OC(=O)c1ccc(Cl)c([N+](=O)[O-])c1. The van der Waals surface area contributed by atoms with Crippen molar-refractivity contribution in [2.75, 3.05) is 13.9 Å². The Balaban J connectivity index is 1.44. The van der Waals surface area contributed by atoms with E-state index in [-0.39, 0.29) is 28.8 Å². The Hall–Kier alpha value is -4.63. The number of aromatic nitrogens is 1. The summed E-state index contributed by atoms with van der Waals surface area (Å²) in [5.41, 5.74) is 1.88. The van der Waals surface area contributed by atoms with Crippen molar-refractivity contribution < 1.29 is 33.2 Å². The first kappa shape index (κ1) is 22.6. The van der Waals surface area contributed by atoms with E-state index in [2.05, 4.69) is 10.6 Å². The van der Waals surface area contributed by atoms with Gasteiger partial charge < -0.3 is 18.9 Å². The number of carbonyl (C=O) groups is 1. The number of methoxy groups -OCH3 is 1. The first-order valence-electron chi connectivity index (χ1n) is 11.8. The van der Waals surface area contributed by atoms with E-state index in [0.717, 1.165) is 51.0 Å². The number of aryl methyl sites for hydroxylation is 2. The summed E-state index contributed by atoms with van der Waals surface area (Å²) in [7, 11) is 1.49. The summed E-state index contributed by atoms with van der Waals surface area (Å²) < 4.78 is 25.0. The van der Waals surface area contributed by atoms with Crippen LogP contribution in [0, 0.1) is 10.1 Å². The van der Waals surface area contributed by atoms with E-state index < -0.39 is 10.9 Å². The normalized spacial score (nSPS) is 13.4. The molecule has 0 saturated carbocycles. The molecule has 0 N–H and O–H groups in total. The molecule has 0 radical (unpaired) electrons. The summed E-state index contributed by atoms with van der Waals surface area (Å²) in [5, 5.41) is 15.9. The van der Waals surface area contributed by atoms with Crippen LogP contribution in [0.2, 0.25) is 5.02 Å². The largest absolute Gasteiger partial charge is 0.493 e. The number of esters is 1. The first-order chi connectivity index (χ1) is 18.4. The van der Waals surface area contributed by atoms with Crippen molar-refractivity contribution in [2.45, 2.75) is 13.0 Å². The van der Waals surface area contributed by atoms with Crippen LogP contribution < -0.4 is 23.5 Å². The molecule has 5 aromatic rings. The molecular formula is C28H18ClN2O7+. The maximum atomic E-state index is 13.1. The molecule has 0 aliphatic carbocycles. The average Bonchev–Trinajstić information content (AvgIpc) is 3.40. The Morgan fingerprint density at radius 3 is 2.68 bits per heavy atom. The van der Waals surface area contributed by atoms with Crippen LogP contribution in [0.1, 0.15) is 15.9 Å². The van der Waals surface area contributed by atoms with Gasteiger partial charge in [0, 0.05) is 23.3 Å². The van der Waals surface area contributed by atoms with Gasteiger partial charge in [-0.25, -0.2) is 4.79 Å². The number of nitro benzene ring substituents is 1. The minimum Gasteiger partial charge on any atom is -0.493 e. The minimum absolute atomic E-state index is 0.00153. The number of fused-ring (bicyclic) bond motifs is 4. The van der Waals surface area contributed by atoms with E-state index >= 15 is 0 Å². The van der Waals surface area contributed by atoms with Gasteiger partial charge in [0.05, 0.1) is 33.8 Å². The molecule has 38 heavy (non-hydrogen) atoms. The van der Waals surface area contributed by atoms with Crippen molar-refractivity contribution in [2.24, 2.45) is 0 Å². The van der Waals surface area contributed by atoms with Crippen LogP contribution in [-0.2, 0) is 13.0 Å². The molecule has 0 bridgehead atoms. The molecule has 0 saturated heterocycles. The lowest BCUT2D eigenvalue weighted by molar-refractivity contribution is -0.670. The fraction of sp³-hybridized carbons (Fsp3) is 0.143. The van der Waals surface area contributed by atoms with Crippen molar-refractivity contribution in [1.82, 2.24) is 0 Å². The fourth-order valence-electron chi connectivity index (χ4n) is 5.43. The zero-order valence-electron chi connectivity index (χ0n) is 19.9. The Bertz CT molecular complexity index is 1890. The summed E-state index contributed by atoms with van der Waals surface area (Å²) >= 11 is 5.92. The molecule has 3 heterocycles. The minimum atomic E-state index is -0.761. The van der Waals surface area contributed by atoms with Crippen molar-refractivity contribution in [3.05, 3.63) is 81.0 Å². The number of benzene rings is 4. The number of ether oxygens (including phenoxy) is 4. The van der Waals surface area contributed by atoms with Crippen molar-refractivity contribution >= 4 is 55.7 Å². The number of hydrogen-bond donors (Lipinski definition) is 0. The van der Waals surface area contributed by atoms with Gasteiger partial charge in [-0.1, -0.05) is 11.6 Å². The molecule has 7 rings (SSSR count). The van der Waals surface area contributed by atoms with Crippen LogP contribution in [0.4, 0.5) is 5.69 Å². The van der Waals surface area contributed by atoms with Crippen molar-refractivity contribution in [1.29, 1.82) is 0 Å². The van der Waals surface area contributed by atoms with Crippen LogP contribution in [0.3, 0.4) is 0 Å². The third kappa shape index (κ3) is 3.18. The summed E-state index contributed by atoms with van der Waals surface area (Å²) in [5.74, 6) is 1.35. The maximum Gasteiger partial charge on any atom is 0.343 e. The summed E-state index contributed by atoms with van der Waals surface area (Å²) in [6.45, 7) is 0.918. The van der Waals surface area contributed by atoms with Gasteiger partial charge in [-0.15, -0.1) is 0 Å². The molecule has 2 aliphatic heterocycles. The molecule has 0 atom stereocenters. The summed E-state index contributed by atoms with van der Waals surface area (Å²) in [6.07, 6.45) is 2.75. The van der Waals surface area contributed by atoms with E-state index in [1.165, 1.54) is 24.8 Å². The molecule has 0 spiro atoms. The molecule has 10 heteroatoms. The van der Waals surface area contributed by atoms with E-state index in [4.69, 9.17) is 30.5 Å². The Morgan fingerprint density at radius 2 is 1.87 bits per heavy atom. The molecule has 4 aromatic carbocycles. The monoisotopic (exact) mass is 529 g/mol. The van der Waals surface area contributed by atoms with E-state index in [0.29, 0.717) is 17.7 Å². The van der Waals surface area contributed by atoms with Crippen molar-refractivity contribution in [3.63, 3.8) is 0 Å². The molecule has 188 valence electrons. The van der Waals surface area contributed by atoms with Gasteiger partial charge in [-0.2, -0.15) is 4.57 Å². The van der Waals surface area contributed by atoms with Crippen molar-refractivity contribution in [3.8, 4) is 23.0 Å². The molecule has 0 fully saturated rings. The smallest absolute Gasteiger partial charge is 0.343 e. The van der Waals surface area contributed by atoms with Crippen LogP contribution in [0.5, 0.6) is 23.0 Å². The van der Waals surface area contributed by atoms with Gasteiger partial charge in [0.2, 0.25) is 12.3 Å². The summed E-state index contributed by atoms with van der Waals surface area (Å²) in [4.78, 5) is 23.8. The quantitative estimate of drug-likeness (QED) is 0.0755. The molecule has 0 amide bonds. The number of nitro groups is 1. The van der Waals surface area contributed by atoms with Crippen LogP contribution in [0.25, 0.3) is 32.4 Å². The number of nitrogens with zero attached hydrogens (tertiary/aromatic N) is 2. The molecule has 1 aromatic heterocycles. The Morgan fingerprint density at radius 1 is 1.05 bits per heavy atom. The topological polar surface area (TPSA) is 101 Å². The third-order valence-electron chi connectivity index (χ3n) is 7.13. The number of hydrogen-bond acceptors (Lipinski definition) is 7. The second-order valence-electron chi connectivity index (χ2n) is 9.10. The second kappa shape index (κ2) is 8.19. The lowest BCUT2D eigenvalue weighted by Crippen LogP contribution is -2.38. The first-order valence-corrected chi connectivity index (χ1v) is 12.2. The fourth-order valence-corrected chi connectivity index (χ4v) is 5.62. The zero-order chi connectivity index (χ0) is 26.1. The van der Waals surface area contributed by atoms with Crippen LogP contribution in [0.15, 0.2) is 54.7 Å². The molecule has 2 aliphatic rings. The molecular weight excluding hydrogens is 512 g/mol. The zero-order valence-corrected chi connectivity index (χ0v) is 20.7. The highest BCUT2D eigenvalue weighted by Gasteiger charge is 2.30. The highest BCUT2D eigenvalue weighted by Crippen LogP contribution is 2.46. The Kier molecular flexibility index (Phi) is 4.86. The van der Waals surface area contributed by atoms with Crippen LogP contribution in [-0.4, -0.2) is 24.8 Å². The van der Waals surface area contributed by atoms with E-state index in [1.54, 1.807) is 6.07 Å². The van der Waals surface area contributed by atoms with Gasteiger partial charge >= 0.3 is 5.97 Å². The number of rotatable bonds is 4. The predicted molar refractivity (Wildman–Crippen MR) is 139 cm³/mol. The number of halogens is 1. The highest BCUT2D eigenvalue weighted by molar-refractivity contribution is 6.32. The Labute approximate surface area is 219 Å². The van der Waals surface area contributed by atoms with Gasteiger partial charge in [0.1, 0.15) is 5.02 Å². The van der Waals surface area contributed by atoms with Gasteiger partial charge in [-0.05, 0) is 48.0 Å². The molecule has 0 unspecified atom stereocenters. The maximum absolute atomic E-state index is 13.1. The average molecular weight is 530 g/mol. The lowest BCUT2D eigenvalue weighted by Gasteiger charge is -2.18. The van der Waals surface area contributed by atoms with E-state index in [9.17, 15) is 14.9 Å². The highest BCUT2D eigenvalue weighted by atomic mass is 35.5. The lowest BCUT2D eigenvalue weighted by atomic mass is 9.93. The molecule has 9 nitrogen and oxygen atoms in total. The standard InChI is InChI=1S/C28H18ClN2O7/c1-35-22-7-5-16-17-3-4-18-24-14(11-23-26(18)37-13-36-23)8-9-30(25(17)24)12-19(16)27(22)38-28(32)15-2-6-20(29)21(10-15)31(33)34/h2-7,10-12H,8-9,13H2,1H3/q+1.